The van der Waals surface area contributed by atoms with Gasteiger partial charge in [-0.1, -0.05) is 18.2 Å². The molecule has 0 N–H and O–H groups in total. The first kappa shape index (κ1) is 11.1. The van der Waals surface area contributed by atoms with Crippen molar-refractivity contribution in [2.24, 2.45) is 0 Å². The highest BCUT2D eigenvalue weighted by molar-refractivity contribution is 5.74. The van der Waals surface area contributed by atoms with E-state index >= 15 is 0 Å². The third-order valence-electron chi connectivity index (χ3n) is 3.33. The Bertz CT molecular complexity index is 570. The molecular weight excluding hydrogens is 224 g/mol. The quantitative estimate of drug-likeness (QED) is 0.798. The van der Waals surface area contributed by atoms with Crippen LogP contribution in [0.5, 0.6) is 11.5 Å². The lowest BCUT2D eigenvalue weighted by molar-refractivity contribution is 0.358. The van der Waals surface area contributed by atoms with Crippen molar-refractivity contribution in [3.05, 3.63) is 47.5 Å². The summed E-state index contributed by atoms with van der Waals surface area (Å²) in [7, 11) is 1.68. The van der Waals surface area contributed by atoms with Crippen LogP contribution < -0.4 is 9.47 Å². The normalized spacial score (nSPS) is 13.0. The van der Waals surface area contributed by atoms with Gasteiger partial charge in [-0.2, -0.15) is 0 Å². The van der Waals surface area contributed by atoms with E-state index in [0.29, 0.717) is 0 Å². The zero-order valence-electron chi connectivity index (χ0n) is 10.7. The Morgan fingerprint density at radius 2 is 1.89 bits per heavy atom. The molecule has 0 saturated carbocycles. The van der Waals surface area contributed by atoms with Crippen molar-refractivity contribution in [1.29, 1.82) is 0 Å². The summed E-state index contributed by atoms with van der Waals surface area (Å²) in [5.74, 6) is 1.93. The molecule has 1 aliphatic rings. The first-order valence-corrected chi connectivity index (χ1v) is 6.18. The molecular formula is C16H16O2. The maximum Gasteiger partial charge on any atom is 0.130 e. The first-order valence-electron chi connectivity index (χ1n) is 6.18. The third kappa shape index (κ3) is 1.84. The van der Waals surface area contributed by atoms with Gasteiger partial charge in [0.25, 0.3) is 0 Å². The van der Waals surface area contributed by atoms with Crippen molar-refractivity contribution in [1.82, 2.24) is 0 Å². The highest BCUT2D eigenvalue weighted by Gasteiger charge is 2.17. The SMILES string of the molecule is COc1ccc(-c2cc(C)cc3c2OCC3)cc1. The van der Waals surface area contributed by atoms with Gasteiger partial charge < -0.3 is 9.47 Å². The minimum atomic E-state index is 0.794. The maximum absolute atomic E-state index is 5.76. The molecule has 0 aromatic heterocycles. The number of benzene rings is 2. The maximum atomic E-state index is 5.76. The highest BCUT2D eigenvalue weighted by Crippen LogP contribution is 2.38. The number of hydrogen-bond donors (Lipinski definition) is 0. The topological polar surface area (TPSA) is 18.5 Å². The molecule has 2 aromatic carbocycles. The van der Waals surface area contributed by atoms with E-state index in [1.165, 1.54) is 22.3 Å². The Morgan fingerprint density at radius 3 is 2.61 bits per heavy atom. The van der Waals surface area contributed by atoms with Crippen LogP contribution in [0, 0.1) is 6.92 Å². The zero-order chi connectivity index (χ0) is 12.5. The van der Waals surface area contributed by atoms with Crippen LogP contribution >= 0.6 is 0 Å². The minimum absolute atomic E-state index is 0.794. The Hall–Kier alpha value is -1.96. The molecule has 3 rings (SSSR count). The van der Waals surface area contributed by atoms with Crippen LogP contribution in [-0.4, -0.2) is 13.7 Å². The van der Waals surface area contributed by atoms with Gasteiger partial charge in [-0.25, -0.2) is 0 Å². The second kappa shape index (κ2) is 4.37. The van der Waals surface area contributed by atoms with Gasteiger partial charge in [-0.15, -0.1) is 0 Å². The van der Waals surface area contributed by atoms with Gasteiger partial charge in [0.05, 0.1) is 13.7 Å². The van der Waals surface area contributed by atoms with Crippen LogP contribution in [-0.2, 0) is 6.42 Å². The first-order chi connectivity index (χ1) is 8.78. The Labute approximate surface area is 107 Å². The van der Waals surface area contributed by atoms with Crippen molar-refractivity contribution in [2.75, 3.05) is 13.7 Å². The molecule has 0 spiro atoms. The number of hydrogen-bond acceptors (Lipinski definition) is 2. The molecule has 2 heteroatoms. The van der Waals surface area contributed by atoms with Gasteiger partial charge in [0.15, 0.2) is 0 Å². The Balaban J connectivity index is 2.10. The molecule has 0 amide bonds. The van der Waals surface area contributed by atoms with Gasteiger partial charge in [-0.3, -0.25) is 0 Å². The molecule has 0 bridgehead atoms. The van der Waals surface area contributed by atoms with E-state index < -0.39 is 0 Å². The second-order valence-corrected chi connectivity index (χ2v) is 4.63. The van der Waals surface area contributed by atoms with Crippen molar-refractivity contribution in [2.45, 2.75) is 13.3 Å². The van der Waals surface area contributed by atoms with E-state index in [1.54, 1.807) is 7.11 Å². The lowest BCUT2D eigenvalue weighted by Crippen LogP contribution is -1.89. The smallest absolute Gasteiger partial charge is 0.130 e. The zero-order valence-corrected chi connectivity index (χ0v) is 10.7. The Morgan fingerprint density at radius 1 is 1.11 bits per heavy atom. The number of ether oxygens (including phenoxy) is 2. The fourth-order valence-electron chi connectivity index (χ4n) is 2.45. The molecule has 0 unspecified atom stereocenters. The van der Waals surface area contributed by atoms with Gasteiger partial charge in [0.2, 0.25) is 0 Å². The van der Waals surface area contributed by atoms with Crippen LogP contribution in [0.25, 0.3) is 11.1 Å². The predicted molar refractivity (Wildman–Crippen MR) is 72.4 cm³/mol. The molecule has 0 aliphatic carbocycles. The molecule has 0 radical (unpaired) electrons. The van der Waals surface area contributed by atoms with E-state index in [9.17, 15) is 0 Å². The van der Waals surface area contributed by atoms with Crippen LogP contribution in [0.15, 0.2) is 36.4 Å². The summed E-state index contributed by atoms with van der Waals surface area (Å²) in [4.78, 5) is 0. The molecule has 18 heavy (non-hydrogen) atoms. The van der Waals surface area contributed by atoms with Crippen LogP contribution in [0.1, 0.15) is 11.1 Å². The fourth-order valence-corrected chi connectivity index (χ4v) is 2.45. The molecule has 92 valence electrons. The summed E-state index contributed by atoms with van der Waals surface area (Å²) < 4.78 is 11.0. The molecule has 0 saturated heterocycles. The fraction of sp³-hybridized carbons (Fsp3) is 0.250. The molecule has 1 heterocycles. The molecule has 2 nitrogen and oxygen atoms in total. The number of fused-ring (bicyclic) bond motifs is 1. The van der Waals surface area contributed by atoms with Crippen LogP contribution in [0.3, 0.4) is 0 Å². The van der Waals surface area contributed by atoms with E-state index in [1.807, 2.05) is 12.1 Å². The van der Waals surface area contributed by atoms with Crippen molar-refractivity contribution < 1.29 is 9.47 Å². The summed E-state index contributed by atoms with van der Waals surface area (Å²) in [6.45, 7) is 2.92. The lowest BCUT2D eigenvalue weighted by atomic mass is 9.98. The average Bonchev–Trinajstić information content (AvgIpc) is 2.86. The number of rotatable bonds is 2. The van der Waals surface area contributed by atoms with Gasteiger partial charge in [0, 0.05) is 12.0 Å². The average molecular weight is 240 g/mol. The van der Waals surface area contributed by atoms with Crippen LogP contribution in [0.2, 0.25) is 0 Å². The van der Waals surface area contributed by atoms with Gasteiger partial charge >= 0.3 is 0 Å². The lowest BCUT2D eigenvalue weighted by Gasteiger charge is -2.10. The summed E-state index contributed by atoms with van der Waals surface area (Å²) in [5.41, 5.74) is 4.97. The molecule has 2 aromatic rings. The van der Waals surface area contributed by atoms with E-state index in [-0.39, 0.29) is 0 Å². The third-order valence-corrected chi connectivity index (χ3v) is 3.33. The standard InChI is InChI=1S/C16H16O2/c1-11-9-13-7-8-18-16(13)15(10-11)12-3-5-14(17-2)6-4-12/h3-6,9-10H,7-8H2,1-2H3. The highest BCUT2D eigenvalue weighted by atomic mass is 16.5. The largest absolute Gasteiger partial charge is 0.497 e. The van der Waals surface area contributed by atoms with Crippen LogP contribution in [0.4, 0.5) is 0 Å². The minimum Gasteiger partial charge on any atom is -0.497 e. The number of methoxy groups -OCH3 is 1. The predicted octanol–water partition coefficient (Wildman–Crippen LogP) is 3.61. The summed E-state index contributed by atoms with van der Waals surface area (Å²) in [5, 5.41) is 0. The van der Waals surface area contributed by atoms with Crippen molar-refractivity contribution in [3.8, 4) is 22.6 Å². The summed E-state index contributed by atoms with van der Waals surface area (Å²) >= 11 is 0. The number of aryl methyl sites for hydroxylation is 1. The molecule has 0 fully saturated rings. The van der Waals surface area contributed by atoms with Crippen molar-refractivity contribution in [3.63, 3.8) is 0 Å². The monoisotopic (exact) mass is 240 g/mol. The van der Waals surface area contributed by atoms with Crippen molar-refractivity contribution >= 4 is 0 Å². The van der Waals surface area contributed by atoms with E-state index in [2.05, 4.69) is 31.2 Å². The van der Waals surface area contributed by atoms with E-state index in [4.69, 9.17) is 9.47 Å². The van der Waals surface area contributed by atoms with Gasteiger partial charge in [-0.05, 0) is 41.8 Å². The second-order valence-electron chi connectivity index (χ2n) is 4.63. The summed E-state index contributed by atoms with van der Waals surface area (Å²) in [6, 6.07) is 12.5. The molecule has 0 atom stereocenters. The summed E-state index contributed by atoms with van der Waals surface area (Å²) in [6.07, 6.45) is 1.01. The molecule has 1 aliphatic heterocycles. The van der Waals surface area contributed by atoms with E-state index in [0.717, 1.165) is 24.5 Å². The Kier molecular flexibility index (Phi) is 2.71. The van der Waals surface area contributed by atoms with Gasteiger partial charge in [0.1, 0.15) is 11.5 Å².